The van der Waals surface area contributed by atoms with Crippen molar-refractivity contribution < 1.29 is 58.2 Å². The van der Waals surface area contributed by atoms with Gasteiger partial charge in [0.1, 0.15) is 0 Å². The molecular formula is C4H5N2ORb. The number of nitrogens with one attached hydrogen (secondary N) is 1. The third kappa shape index (κ3) is 1.97. The maximum absolute atomic E-state index is 10.3. The van der Waals surface area contributed by atoms with E-state index in [0.29, 0.717) is 0 Å². The van der Waals surface area contributed by atoms with Gasteiger partial charge in [-0.3, -0.25) is 0 Å². The Morgan fingerprint density at radius 3 is 2.62 bits per heavy atom. The Morgan fingerprint density at radius 2 is 2.50 bits per heavy atom. The molecule has 0 aliphatic heterocycles. The molecule has 0 radical (unpaired) electrons. The number of rotatable bonds is 0. The van der Waals surface area contributed by atoms with E-state index in [4.69, 9.17) is 0 Å². The molecule has 0 aromatic carbocycles. The van der Waals surface area contributed by atoms with Gasteiger partial charge in [0.15, 0.2) is 5.69 Å². The number of H-pyrrole nitrogens is 1. The largest absolute Gasteiger partial charge is 1.00 e. The van der Waals surface area contributed by atoms with Crippen LogP contribution in [0.3, 0.4) is 0 Å². The van der Waals surface area contributed by atoms with E-state index in [0.717, 1.165) is 0 Å². The molecule has 1 aromatic heterocycles. The number of aromatic amines is 1. The summed E-state index contributed by atoms with van der Waals surface area (Å²) < 4.78 is 1.35. The average Bonchev–Trinajstić information content (AvgIpc) is 1.91. The fourth-order valence-corrected chi connectivity index (χ4v) is 0.346. The van der Waals surface area contributed by atoms with E-state index in [1.807, 2.05) is 0 Å². The second-order valence-electron chi connectivity index (χ2n) is 1.28. The van der Waals surface area contributed by atoms with Crippen LogP contribution in [0, 0.1) is 6.20 Å². The molecule has 0 unspecified atom stereocenters. The Balaban J connectivity index is 0.000000490. The number of aromatic nitrogens is 2. The van der Waals surface area contributed by atoms with Crippen LogP contribution in [0.4, 0.5) is 0 Å². The molecule has 1 heterocycles. The third-order valence-electron chi connectivity index (χ3n) is 0.758. The normalized spacial score (nSPS) is 8.12. The molecule has 0 atom stereocenters. The molecule has 0 aliphatic rings. The first-order valence-corrected chi connectivity index (χ1v) is 1.93. The SMILES string of the molecule is Cn1[c-]c[nH]c1=O.[Rb+]. The number of nitrogens with zero attached hydrogens (tertiary/aromatic N) is 1. The summed E-state index contributed by atoms with van der Waals surface area (Å²) in [5.41, 5.74) is -0.125. The van der Waals surface area contributed by atoms with Crippen LogP contribution in [0.5, 0.6) is 0 Å². The van der Waals surface area contributed by atoms with Gasteiger partial charge in [0.05, 0.1) is 0 Å². The van der Waals surface area contributed by atoms with E-state index in [2.05, 4.69) is 11.2 Å². The van der Waals surface area contributed by atoms with Crippen molar-refractivity contribution in [2.45, 2.75) is 0 Å². The van der Waals surface area contributed by atoms with Crippen LogP contribution in [-0.2, 0) is 7.05 Å². The fraction of sp³-hybridized carbons (Fsp3) is 0.250. The van der Waals surface area contributed by atoms with Crippen molar-refractivity contribution >= 4 is 0 Å². The quantitative estimate of drug-likeness (QED) is 0.416. The van der Waals surface area contributed by atoms with Crippen molar-refractivity contribution in [3.8, 4) is 0 Å². The summed E-state index contributed by atoms with van der Waals surface area (Å²) in [6.45, 7) is 0. The molecule has 0 amide bonds. The van der Waals surface area contributed by atoms with Crippen LogP contribution in [0.25, 0.3) is 0 Å². The van der Waals surface area contributed by atoms with E-state index < -0.39 is 0 Å². The predicted molar refractivity (Wildman–Crippen MR) is 24.9 cm³/mol. The maximum Gasteiger partial charge on any atom is 1.00 e. The monoisotopic (exact) mass is 182 g/mol. The van der Waals surface area contributed by atoms with E-state index in [-0.39, 0.29) is 63.9 Å². The molecule has 0 aliphatic carbocycles. The van der Waals surface area contributed by atoms with Gasteiger partial charge < -0.3 is 14.3 Å². The fourth-order valence-electron chi connectivity index (χ4n) is 0.346. The van der Waals surface area contributed by atoms with Gasteiger partial charge in [-0.25, -0.2) is 0 Å². The molecule has 0 saturated carbocycles. The Bertz CT molecular complexity index is 202. The standard InChI is InChI=1S/C4H5N2O.Rb/c1-6-3-2-5-4(6)7;/h2H,1H3,(H,5,7);/q-1;+1. The average molecular weight is 183 g/mol. The molecule has 1 N–H and O–H groups in total. The topological polar surface area (TPSA) is 37.8 Å². The Hall–Kier alpha value is 0.815. The molecule has 4 heteroatoms. The number of hydrogen-bond acceptors (Lipinski definition) is 1. The van der Waals surface area contributed by atoms with Crippen LogP contribution >= 0.6 is 0 Å². The number of imidazole rings is 1. The first kappa shape index (κ1) is 8.82. The smallest absolute Gasteiger partial charge is 0.466 e. The zero-order chi connectivity index (χ0) is 5.28. The minimum absolute atomic E-state index is 0. The molecule has 3 nitrogen and oxygen atoms in total. The molecule has 0 bridgehead atoms. The molecule has 0 spiro atoms. The van der Waals surface area contributed by atoms with Gasteiger partial charge in [-0.05, 0) is 7.05 Å². The summed E-state index contributed by atoms with van der Waals surface area (Å²) in [7, 11) is 1.64. The van der Waals surface area contributed by atoms with E-state index in [1.54, 1.807) is 7.05 Å². The maximum atomic E-state index is 10.3. The molecule has 38 valence electrons. The third-order valence-corrected chi connectivity index (χ3v) is 0.758. The van der Waals surface area contributed by atoms with Gasteiger partial charge in [0, 0.05) is 0 Å². The summed E-state index contributed by atoms with van der Waals surface area (Å²) in [5, 5.41) is 0. The van der Waals surface area contributed by atoms with Crippen molar-refractivity contribution in [3.05, 3.63) is 22.9 Å². The Labute approximate surface area is 95.9 Å². The van der Waals surface area contributed by atoms with E-state index in [1.165, 1.54) is 10.8 Å². The molecule has 1 rings (SSSR count). The van der Waals surface area contributed by atoms with Gasteiger partial charge in [-0.2, -0.15) is 6.20 Å². The van der Waals surface area contributed by atoms with Crippen LogP contribution in [0.2, 0.25) is 0 Å². The molecule has 0 saturated heterocycles. The number of aryl methyl sites for hydroxylation is 1. The summed E-state index contributed by atoms with van der Waals surface area (Å²) in [4.78, 5) is 12.7. The Morgan fingerprint density at radius 1 is 1.88 bits per heavy atom. The predicted octanol–water partition coefficient (Wildman–Crippen LogP) is -3.48. The molecule has 0 fully saturated rings. The van der Waals surface area contributed by atoms with Crippen LogP contribution in [-0.4, -0.2) is 9.55 Å². The summed E-state index contributed by atoms with van der Waals surface area (Å²) in [6, 6.07) is 0. The Kier molecular flexibility index (Phi) is 4.15. The van der Waals surface area contributed by atoms with Gasteiger partial charge in [0.25, 0.3) is 0 Å². The molecule has 8 heavy (non-hydrogen) atoms. The second-order valence-corrected chi connectivity index (χ2v) is 1.28. The zero-order valence-corrected chi connectivity index (χ0v) is 9.85. The summed E-state index contributed by atoms with van der Waals surface area (Å²) >= 11 is 0. The minimum Gasteiger partial charge on any atom is -0.466 e. The van der Waals surface area contributed by atoms with Gasteiger partial charge in [0.2, 0.25) is 0 Å². The first-order chi connectivity index (χ1) is 3.30. The summed E-state index contributed by atoms with van der Waals surface area (Å²) in [6.07, 6.45) is 4.09. The minimum atomic E-state index is -0.125. The van der Waals surface area contributed by atoms with Crippen molar-refractivity contribution in [2.75, 3.05) is 0 Å². The van der Waals surface area contributed by atoms with Gasteiger partial charge >= 0.3 is 58.2 Å². The van der Waals surface area contributed by atoms with E-state index in [9.17, 15) is 4.79 Å². The van der Waals surface area contributed by atoms with Crippen LogP contribution < -0.4 is 63.9 Å². The van der Waals surface area contributed by atoms with Crippen LogP contribution in [0.15, 0.2) is 11.0 Å². The van der Waals surface area contributed by atoms with Crippen LogP contribution in [0.1, 0.15) is 0 Å². The van der Waals surface area contributed by atoms with Crippen molar-refractivity contribution in [1.82, 2.24) is 9.55 Å². The number of hydrogen-bond donors (Lipinski definition) is 1. The second kappa shape index (κ2) is 3.77. The van der Waals surface area contributed by atoms with Gasteiger partial charge in [-0.15, -0.1) is 0 Å². The molecule has 1 aromatic rings. The van der Waals surface area contributed by atoms with Crippen molar-refractivity contribution in [1.29, 1.82) is 0 Å². The first-order valence-electron chi connectivity index (χ1n) is 1.93. The summed E-state index contributed by atoms with van der Waals surface area (Å²) in [5.74, 6) is 0. The van der Waals surface area contributed by atoms with Gasteiger partial charge in [-0.1, -0.05) is 6.20 Å². The van der Waals surface area contributed by atoms with Crippen molar-refractivity contribution in [3.63, 3.8) is 0 Å². The van der Waals surface area contributed by atoms with Crippen molar-refractivity contribution in [2.24, 2.45) is 7.05 Å². The molecular weight excluding hydrogens is 178 g/mol. The van der Waals surface area contributed by atoms with E-state index >= 15 is 0 Å². The zero-order valence-electron chi connectivity index (χ0n) is 4.93.